The van der Waals surface area contributed by atoms with Crippen molar-refractivity contribution in [3.8, 4) is 6.07 Å². The fraction of sp³-hybridized carbons (Fsp3) is 0.846. The van der Waals surface area contributed by atoms with E-state index in [4.69, 9.17) is 10.00 Å². The fourth-order valence-corrected chi connectivity index (χ4v) is 1.48. The maximum Gasteiger partial charge on any atom is 0.407 e. The lowest BCUT2D eigenvalue weighted by Crippen LogP contribution is -2.37. The van der Waals surface area contributed by atoms with Crippen LogP contribution in [0.4, 0.5) is 4.79 Å². The van der Waals surface area contributed by atoms with Gasteiger partial charge in [0.15, 0.2) is 0 Å². The molecule has 0 heterocycles. The Hall–Kier alpha value is -1.28. The molecular weight excluding hydrogens is 230 g/mol. The second kappa shape index (κ2) is 6.60. The molecule has 0 saturated heterocycles. The predicted octanol–water partition coefficient (Wildman–Crippen LogP) is 1.79. The van der Waals surface area contributed by atoms with E-state index in [9.17, 15) is 4.79 Å². The number of rotatable bonds is 6. The Kier molecular flexibility index (Phi) is 5.42. The molecule has 2 N–H and O–H groups in total. The summed E-state index contributed by atoms with van der Waals surface area (Å²) in [5, 5.41) is 14.8. The van der Waals surface area contributed by atoms with Crippen molar-refractivity contribution in [1.29, 1.82) is 5.26 Å². The minimum absolute atomic E-state index is 0.194. The van der Waals surface area contributed by atoms with Crippen LogP contribution in [0.3, 0.4) is 0 Å². The molecule has 1 atom stereocenters. The number of carbonyl (C=O) groups is 1. The molecular formula is C13H23N3O2. The number of hydrogen-bond donors (Lipinski definition) is 2. The van der Waals surface area contributed by atoms with Crippen molar-refractivity contribution in [3.05, 3.63) is 0 Å². The number of carbonyl (C=O) groups excluding carboxylic acids is 1. The first-order valence-electron chi connectivity index (χ1n) is 6.50. The minimum atomic E-state index is -0.483. The largest absolute Gasteiger partial charge is 0.444 e. The standard InChI is InChI=1S/C13H23N3O2/c1-13(2,3)18-12(17)15-7-6-11(8-14)16-9-10-4-5-10/h10-11,16H,4-7,9H2,1-3H3,(H,15,17). The lowest BCUT2D eigenvalue weighted by molar-refractivity contribution is 0.0526. The number of hydrogen-bond acceptors (Lipinski definition) is 4. The monoisotopic (exact) mass is 253 g/mol. The summed E-state index contributed by atoms with van der Waals surface area (Å²) >= 11 is 0. The molecule has 1 aliphatic carbocycles. The molecule has 0 aromatic heterocycles. The highest BCUT2D eigenvalue weighted by molar-refractivity contribution is 5.67. The van der Waals surface area contributed by atoms with E-state index in [1.165, 1.54) is 12.8 Å². The molecule has 1 rings (SSSR count). The summed E-state index contributed by atoms with van der Waals surface area (Å²) in [5.41, 5.74) is -0.483. The molecule has 0 aromatic rings. The summed E-state index contributed by atoms with van der Waals surface area (Å²) < 4.78 is 5.11. The Labute approximate surface area is 109 Å². The van der Waals surface area contributed by atoms with Crippen molar-refractivity contribution in [2.24, 2.45) is 5.92 Å². The van der Waals surface area contributed by atoms with E-state index in [1.807, 2.05) is 20.8 Å². The molecule has 1 fully saturated rings. The second-order valence-corrected chi connectivity index (χ2v) is 5.75. The third kappa shape index (κ3) is 7.13. The highest BCUT2D eigenvalue weighted by Gasteiger charge is 2.22. The smallest absolute Gasteiger partial charge is 0.407 e. The average Bonchev–Trinajstić information content (AvgIpc) is 3.04. The predicted molar refractivity (Wildman–Crippen MR) is 69.0 cm³/mol. The van der Waals surface area contributed by atoms with Crippen molar-refractivity contribution in [1.82, 2.24) is 10.6 Å². The SMILES string of the molecule is CC(C)(C)OC(=O)NCCC(C#N)NCC1CC1. The Bertz CT molecular complexity index is 313. The molecule has 0 aromatic carbocycles. The topological polar surface area (TPSA) is 74.1 Å². The van der Waals surface area contributed by atoms with Crippen LogP contribution in [0, 0.1) is 17.2 Å². The van der Waals surface area contributed by atoms with Crippen LogP contribution in [0.5, 0.6) is 0 Å². The molecule has 1 aliphatic rings. The highest BCUT2D eigenvalue weighted by Crippen LogP contribution is 2.27. The Morgan fingerprint density at radius 1 is 1.50 bits per heavy atom. The fourth-order valence-electron chi connectivity index (χ4n) is 1.48. The first kappa shape index (κ1) is 14.8. The molecule has 0 radical (unpaired) electrons. The van der Waals surface area contributed by atoms with Gasteiger partial charge in [-0.2, -0.15) is 5.26 Å². The lowest BCUT2D eigenvalue weighted by atomic mass is 10.2. The number of amides is 1. The van der Waals surface area contributed by atoms with Gasteiger partial charge in [-0.25, -0.2) is 4.79 Å². The zero-order chi connectivity index (χ0) is 13.6. The molecule has 0 aliphatic heterocycles. The van der Waals surface area contributed by atoms with Gasteiger partial charge in [0.2, 0.25) is 0 Å². The normalized spacial score (nSPS) is 16.8. The first-order chi connectivity index (χ1) is 8.40. The zero-order valence-corrected chi connectivity index (χ0v) is 11.5. The van der Waals surface area contributed by atoms with Gasteiger partial charge in [0.05, 0.1) is 12.1 Å². The maximum absolute atomic E-state index is 11.4. The summed E-state index contributed by atoms with van der Waals surface area (Å²) in [7, 11) is 0. The number of nitriles is 1. The Morgan fingerprint density at radius 2 is 2.17 bits per heavy atom. The summed E-state index contributed by atoms with van der Waals surface area (Å²) in [6, 6.07) is 2.01. The molecule has 5 heteroatoms. The van der Waals surface area contributed by atoms with Crippen LogP contribution in [-0.4, -0.2) is 30.8 Å². The average molecular weight is 253 g/mol. The van der Waals surface area contributed by atoms with Gasteiger partial charge < -0.3 is 15.4 Å². The van der Waals surface area contributed by atoms with Crippen molar-refractivity contribution < 1.29 is 9.53 Å². The van der Waals surface area contributed by atoms with Gasteiger partial charge in [-0.3, -0.25) is 0 Å². The molecule has 1 unspecified atom stereocenters. The van der Waals surface area contributed by atoms with E-state index in [-0.39, 0.29) is 6.04 Å². The summed E-state index contributed by atoms with van der Waals surface area (Å²) in [5.74, 6) is 0.750. The summed E-state index contributed by atoms with van der Waals surface area (Å²) in [4.78, 5) is 11.4. The van der Waals surface area contributed by atoms with Gasteiger partial charge in [0, 0.05) is 6.54 Å². The zero-order valence-electron chi connectivity index (χ0n) is 11.5. The van der Waals surface area contributed by atoms with Crippen LogP contribution >= 0.6 is 0 Å². The van der Waals surface area contributed by atoms with Crippen LogP contribution < -0.4 is 10.6 Å². The summed E-state index contributed by atoms with van der Waals surface area (Å²) in [6.07, 6.45) is 2.70. The highest BCUT2D eigenvalue weighted by atomic mass is 16.6. The minimum Gasteiger partial charge on any atom is -0.444 e. The van der Waals surface area contributed by atoms with E-state index in [1.54, 1.807) is 0 Å². The third-order valence-corrected chi connectivity index (χ3v) is 2.61. The number of ether oxygens (including phenoxy) is 1. The molecule has 1 amide bonds. The van der Waals surface area contributed by atoms with Crippen LogP contribution in [0.1, 0.15) is 40.0 Å². The van der Waals surface area contributed by atoms with Crippen LogP contribution in [0.2, 0.25) is 0 Å². The van der Waals surface area contributed by atoms with Crippen LogP contribution in [-0.2, 0) is 4.74 Å². The molecule has 0 bridgehead atoms. The van der Waals surface area contributed by atoms with E-state index >= 15 is 0 Å². The molecule has 1 saturated carbocycles. The van der Waals surface area contributed by atoms with Crippen molar-refractivity contribution in [2.45, 2.75) is 51.7 Å². The lowest BCUT2D eigenvalue weighted by Gasteiger charge is -2.20. The quantitative estimate of drug-likeness (QED) is 0.757. The Morgan fingerprint density at radius 3 is 2.67 bits per heavy atom. The molecule has 5 nitrogen and oxygen atoms in total. The second-order valence-electron chi connectivity index (χ2n) is 5.75. The number of nitrogens with one attached hydrogen (secondary N) is 2. The number of alkyl carbamates (subject to hydrolysis) is 1. The van der Waals surface area contributed by atoms with E-state index in [0.717, 1.165) is 12.5 Å². The van der Waals surface area contributed by atoms with Crippen molar-refractivity contribution >= 4 is 6.09 Å². The summed E-state index contributed by atoms with van der Waals surface area (Å²) in [6.45, 7) is 6.82. The van der Waals surface area contributed by atoms with E-state index in [2.05, 4.69) is 16.7 Å². The Balaban J connectivity index is 2.10. The van der Waals surface area contributed by atoms with Gasteiger partial charge >= 0.3 is 6.09 Å². The molecule has 0 spiro atoms. The number of nitrogens with zero attached hydrogens (tertiary/aromatic N) is 1. The van der Waals surface area contributed by atoms with E-state index in [0.29, 0.717) is 13.0 Å². The van der Waals surface area contributed by atoms with Gasteiger partial charge in [0.25, 0.3) is 0 Å². The third-order valence-electron chi connectivity index (χ3n) is 2.61. The van der Waals surface area contributed by atoms with Gasteiger partial charge in [-0.15, -0.1) is 0 Å². The molecule has 18 heavy (non-hydrogen) atoms. The van der Waals surface area contributed by atoms with Crippen molar-refractivity contribution in [3.63, 3.8) is 0 Å². The van der Waals surface area contributed by atoms with Crippen LogP contribution in [0.25, 0.3) is 0 Å². The first-order valence-corrected chi connectivity index (χ1v) is 6.50. The van der Waals surface area contributed by atoms with Crippen molar-refractivity contribution in [2.75, 3.05) is 13.1 Å². The molecule has 102 valence electrons. The van der Waals surface area contributed by atoms with Gasteiger partial charge in [0.1, 0.15) is 5.60 Å². The van der Waals surface area contributed by atoms with Gasteiger partial charge in [-0.05, 0) is 52.5 Å². The van der Waals surface area contributed by atoms with Crippen LogP contribution in [0.15, 0.2) is 0 Å². The van der Waals surface area contributed by atoms with E-state index < -0.39 is 11.7 Å². The van der Waals surface area contributed by atoms with Gasteiger partial charge in [-0.1, -0.05) is 0 Å². The maximum atomic E-state index is 11.4.